The molecule has 0 bridgehead atoms. The number of fused-ring (bicyclic) bond motifs is 1. The highest BCUT2D eigenvalue weighted by Crippen LogP contribution is 2.34. The quantitative estimate of drug-likeness (QED) is 0.291. The highest BCUT2D eigenvalue weighted by atomic mass is 16.8. The van der Waals surface area contributed by atoms with Crippen LogP contribution in [0.5, 0.6) is 5.75 Å². The molecule has 6 rings (SSSR count). The minimum absolute atomic E-state index is 0.172. The Labute approximate surface area is 228 Å². The highest BCUT2D eigenvalue weighted by Gasteiger charge is 2.27. The van der Waals surface area contributed by atoms with Crippen LogP contribution in [-0.4, -0.2) is 62.0 Å². The molecule has 2 aliphatic carbocycles. The normalized spacial score (nSPS) is 23.1. The van der Waals surface area contributed by atoms with E-state index < -0.39 is 6.16 Å². The van der Waals surface area contributed by atoms with Crippen LogP contribution < -0.4 is 21.1 Å². The number of aromatic nitrogens is 4. The number of hydrogen-bond donors (Lipinski definition) is 3. The lowest BCUT2D eigenvalue weighted by Gasteiger charge is -2.31. The number of carbonyl (C=O) groups excluding carboxylic acids is 1. The van der Waals surface area contributed by atoms with E-state index in [-0.39, 0.29) is 6.04 Å². The first-order valence-corrected chi connectivity index (χ1v) is 14.3. The molecule has 3 heterocycles. The van der Waals surface area contributed by atoms with Gasteiger partial charge in [0.2, 0.25) is 5.95 Å². The van der Waals surface area contributed by atoms with Gasteiger partial charge in [-0.3, -0.25) is 0 Å². The highest BCUT2D eigenvalue weighted by molar-refractivity contribution is 5.84. The molecule has 11 heteroatoms. The predicted molar refractivity (Wildman–Crippen MR) is 148 cm³/mol. The summed E-state index contributed by atoms with van der Waals surface area (Å²) < 4.78 is 7.50. The molecule has 208 valence electrons. The molecule has 39 heavy (non-hydrogen) atoms. The molecule has 0 spiro atoms. The van der Waals surface area contributed by atoms with Gasteiger partial charge >= 0.3 is 6.16 Å². The van der Waals surface area contributed by atoms with Crippen LogP contribution in [0.2, 0.25) is 0 Å². The number of hydroxylamine groups is 2. The molecule has 1 aliphatic heterocycles. The van der Waals surface area contributed by atoms with E-state index in [0.717, 1.165) is 68.3 Å². The molecule has 3 aromatic rings. The molecule has 1 aromatic carbocycles. The second kappa shape index (κ2) is 11.7. The Morgan fingerprint density at radius 3 is 2.36 bits per heavy atom. The van der Waals surface area contributed by atoms with E-state index in [2.05, 4.69) is 15.2 Å². The van der Waals surface area contributed by atoms with Crippen LogP contribution in [0.15, 0.2) is 36.7 Å². The Kier molecular flexibility index (Phi) is 7.78. The van der Waals surface area contributed by atoms with Crippen LogP contribution in [0, 0.1) is 0 Å². The van der Waals surface area contributed by atoms with E-state index in [4.69, 9.17) is 30.3 Å². The summed E-state index contributed by atoms with van der Waals surface area (Å²) in [5, 5.41) is 8.89. The average Bonchev–Trinajstić information content (AvgIpc) is 3.62. The van der Waals surface area contributed by atoms with Crippen molar-refractivity contribution in [3.63, 3.8) is 0 Å². The molecule has 3 fully saturated rings. The van der Waals surface area contributed by atoms with Crippen molar-refractivity contribution in [2.75, 3.05) is 23.7 Å². The average molecular weight is 535 g/mol. The zero-order valence-electron chi connectivity index (χ0n) is 22.3. The van der Waals surface area contributed by atoms with Gasteiger partial charge < -0.3 is 30.5 Å². The fourth-order valence-electron chi connectivity index (χ4n) is 5.97. The minimum Gasteiger partial charge on any atom is -0.394 e. The molecule has 1 saturated heterocycles. The summed E-state index contributed by atoms with van der Waals surface area (Å²) in [6.07, 6.45) is 11.7. The van der Waals surface area contributed by atoms with Crippen molar-refractivity contribution in [1.82, 2.24) is 24.6 Å². The van der Waals surface area contributed by atoms with Gasteiger partial charge in [-0.15, -0.1) is 5.06 Å². The fourth-order valence-corrected chi connectivity index (χ4v) is 5.97. The van der Waals surface area contributed by atoms with E-state index >= 15 is 0 Å². The minimum atomic E-state index is -0.720. The van der Waals surface area contributed by atoms with Gasteiger partial charge in [0.25, 0.3) is 0 Å². The Bertz CT molecular complexity index is 1250. The lowest BCUT2D eigenvalue weighted by Crippen LogP contribution is -2.41. The zero-order chi connectivity index (χ0) is 26.6. The van der Waals surface area contributed by atoms with Gasteiger partial charge in [-0.05, 0) is 63.5 Å². The van der Waals surface area contributed by atoms with Crippen LogP contribution >= 0.6 is 0 Å². The number of anilines is 2. The summed E-state index contributed by atoms with van der Waals surface area (Å²) >= 11 is 0. The number of carbonyl (C=O) groups is 1. The van der Waals surface area contributed by atoms with Crippen LogP contribution in [0.1, 0.15) is 70.3 Å². The summed E-state index contributed by atoms with van der Waals surface area (Å²) in [6.45, 7) is 1.19. The Morgan fingerprint density at radius 1 is 0.897 bits per heavy atom. The summed E-state index contributed by atoms with van der Waals surface area (Å²) in [5.41, 5.74) is 7.82. The van der Waals surface area contributed by atoms with Crippen molar-refractivity contribution in [2.24, 2.45) is 5.73 Å². The number of piperidine rings is 1. The molecule has 0 atom stereocenters. The number of hydrogen-bond acceptors (Lipinski definition) is 10. The monoisotopic (exact) mass is 534 g/mol. The number of benzene rings is 1. The van der Waals surface area contributed by atoms with E-state index in [1.54, 1.807) is 17.2 Å². The Hall–Kier alpha value is -3.44. The molecule has 4 N–H and O–H groups in total. The van der Waals surface area contributed by atoms with Crippen molar-refractivity contribution < 1.29 is 14.4 Å². The third-order valence-corrected chi connectivity index (χ3v) is 8.19. The standard InChI is InChI=1S/C28H38N8O3/c29-19-10-12-20(13-11-19)32-27-33-25(24-26(34-27)36(18-30-24)22-6-4-5-7-22)31-21-14-16-35(17-15-21)39-28(37)38-23-8-2-1-3-9-23/h1-3,8-9,18-22H,4-7,10-17,29H2,(H2,31,32,33,34)/t19-,20-. The van der Waals surface area contributed by atoms with E-state index in [1.807, 2.05) is 24.5 Å². The zero-order valence-corrected chi connectivity index (χ0v) is 22.3. The van der Waals surface area contributed by atoms with Crippen LogP contribution in [-0.2, 0) is 4.84 Å². The molecule has 0 radical (unpaired) electrons. The number of para-hydroxylation sites is 1. The van der Waals surface area contributed by atoms with Crippen LogP contribution in [0.3, 0.4) is 0 Å². The molecule has 11 nitrogen and oxygen atoms in total. The third-order valence-electron chi connectivity index (χ3n) is 8.19. The second-order valence-electron chi connectivity index (χ2n) is 11.0. The molecule has 0 unspecified atom stereocenters. The van der Waals surface area contributed by atoms with Gasteiger partial charge in [0.1, 0.15) is 5.75 Å². The largest absolute Gasteiger partial charge is 0.533 e. The first-order valence-electron chi connectivity index (χ1n) is 14.3. The molecule has 2 aromatic heterocycles. The van der Waals surface area contributed by atoms with Gasteiger partial charge in [-0.1, -0.05) is 31.0 Å². The number of imidazole rings is 1. The van der Waals surface area contributed by atoms with Gasteiger partial charge in [0, 0.05) is 37.3 Å². The first kappa shape index (κ1) is 25.8. The molecular weight excluding hydrogens is 496 g/mol. The lowest BCUT2D eigenvalue weighted by molar-refractivity contribution is -0.127. The van der Waals surface area contributed by atoms with E-state index in [0.29, 0.717) is 42.9 Å². The van der Waals surface area contributed by atoms with Gasteiger partial charge in [-0.25, -0.2) is 9.78 Å². The Morgan fingerprint density at radius 2 is 1.62 bits per heavy atom. The molecule has 0 amide bonds. The topological polar surface area (TPSA) is 132 Å². The first-order chi connectivity index (χ1) is 19.1. The van der Waals surface area contributed by atoms with Crippen LogP contribution in [0.4, 0.5) is 16.6 Å². The van der Waals surface area contributed by atoms with Crippen molar-refractivity contribution in [3.8, 4) is 5.75 Å². The van der Waals surface area contributed by atoms with Crippen molar-refractivity contribution in [1.29, 1.82) is 0 Å². The van der Waals surface area contributed by atoms with Gasteiger partial charge in [0.15, 0.2) is 17.0 Å². The fraction of sp³-hybridized carbons (Fsp3) is 0.571. The summed E-state index contributed by atoms with van der Waals surface area (Å²) in [7, 11) is 0. The molecular formula is C28H38N8O3. The maximum absolute atomic E-state index is 12.2. The van der Waals surface area contributed by atoms with Crippen molar-refractivity contribution in [3.05, 3.63) is 36.7 Å². The van der Waals surface area contributed by atoms with Gasteiger partial charge in [-0.2, -0.15) is 9.97 Å². The smallest absolute Gasteiger partial charge is 0.394 e. The van der Waals surface area contributed by atoms with Gasteiger partial charge in [0.05, 0.1) is 6.33 Å². The van der Waals surface area contributed by atoms with E-state index in [9.17, 15) is 4.79 Å². The van der Waals surface area contributed by atoms with Crippen LogP contribution in [0.25, 0.3) is 11.2 Å². The number of nitrogens with one attached hydrogen (secondary N) is 2. The lowest BCUT2D eigenvalue weighted by atomic mass is 9.92. The van der Waals surface area contributed by atoms with Crippen molar-refractivity contribution in [2.45, 2.75) is 88.4 Å². The maximum Gasteiger partial charge on any atom is 0.533 e. The molecule has 3 aliphatic rings. The number of rotatable bonds is 7. The SMILES string of the molecule is N[C@H]1CC[C@H](Nc2nc(NC3CCN(OC(=O)Oc4ccccc4)CC3)c3ncn(C4CCCC4)c3n2)CC1. The number of nitrogens with two attached hydrogens (primary N) is 1. The maximum atomic E-state index is 12.2. The molecule has 2 saturated carbocycles. The second-order valence-corrected chi connectivity index (χ2v) is 11.0. The summed E-state index contributed by atoms with van der Waals surface area (Å²) in [5.74, 6) is 1.87. The summed E-state index contributed by atoms with van der Waals surface area (Å²) in [4.78, 5) is 32.2. The summed E-state index contributed by atoms with van der Waals surface area (Å²) in [6, 6.07) is 10.2. The van der Waals surface area contributed by atoms with E-state index in [1.165, 1.54) is 12.8 Å². The number of ether oxygens (including phenoxy) is 1. The Balaban J connectivity index is 1.13. The third kappa shape index (κ3) is 6.25. The predicted octanol–water partition coefficient (Wildman–Crippen LogP) is 4.63. The number of nitrogens with zero attached hydrogens (tertiary/aromatic N) is 5. The van der Waals surface area contributed by atoms with Crippen molar-refractivity contribution >= 4 is 29.1 Å².